The highest BCUT2D eigenvalue weighted by Crippen LogP contribution is 2.33. The SMILES string of the molecule is CN(C)C(=O)C1CC2CN(Cc3cccnc3)CC1O2.O=C(O)C(F)(F)F.O=C(O)C(F)(F)F. The van der Waals surface area contributed by atoms with Crippen LogP contribution in [0.5, 0.6) is 0 Å². The number of hydrogen-bond donors (Lipinski definition) is 2. The lowest BCUT2D eigenvalue weighted by atomic mass is 9.99. The second-order valence-electron chi connectivity index (χ2n) is 7.53. The van der Waals surface area contributed by atoms with E-state index in [1.165, 1.54) is 5.56 Å². The summed E-state index contributed by atoms with van der Waals surface area (Å²) >= 11 is 0. The fourth-order valence-corrected chi connectivity index (χ4v) is 3.21. The van der Waals surface area contributed by atoms with Gasteiger partial charge in [0.05, 0.1) is 18.1 Å². The van der Waals surface area contributed by atoms with Crippen LogP contribution in [0.4, 0.5) is 26.3 Å². The van der Waals surface area contributed by atoms with Crippen molar-refractivity contribution in [3.8, 4) is 0 Å². The van der Waals surface area contributed by atoms with Crippen molar-refractivity contribution in [1.29, 1.82) is 0 Å². The van der Waals surface area contributed by atoms with Crippen molar-refractivity contribution < 1.29 is 55.7 Å². The normalized spacial score (nSPS) is 21.9. The molecule has 3 unspecified atom stereocenters. The summed E-state index contributed by atoms with van der Waals surface area (Å²) in [4.78, 5) is 38.2. The molecule has 3 atom stereocenters. The molecule has 0 aliphatic carbocycles. The molecule has 192 valence electrons. The van der Waals surface area contributed by atoms with Crippen LogP contribution >= 0.6 is 0 Å². The lowest BCUT2D eigenvalue weighted by Gasteiger charge is -2.32. The summed E-state index contributed by atoms with van der Waals surface area (Å²) in [6.07, 6.45) is -5.39. The number of aromatic nitrogens is 1. The van der Waals surface area contributed by atoms with Crippen molar-refractivity contribution in [3.05, 3.63) is 30.1 Å². The predicted octanol–water partition coefficient (Wildman–Crippen LogP) is 2.03. The number of pyridine rings is 1. The van der Waals surface area contributed by atoms with Crippen LogP contribution in [0, 0.1) is 5.92 Å². The first-order valence-electron chi connectivity index (χ1n) is 9.60. The van der Waals surface area contributed by atoms with Crippen molar-refractivity contribution in [1.82, 2.24) is 14.8 Å². The van der Waals surface area contributed by atoms with E-state index in [-0.39, 0.29) is 24.0 Å². The molecular formula is C19H23F6N3O6. The van der Waals surface area contributed by atoms with Gasteiger partial charge in [-0.25, -0.2) is 9.59 Å². The Labute approximate surface area is 189 Å². The van der Waals surface area contributed by atoms with Crippen molar-refractivity contribution in [2.75, 3.05) is 27.2 Å². The monoisotopic (exact) mass is 503 g/mol. The molecule has 1 amide bonds. The predicted molar refractivity (Wildman–Crippen MR) is 102 cm³/mol. The molecule has 2 aliphatic rings. The second-order valence-corrected chi connectivity index (χ2v) is 7.53. The van der Waals surface area contributed by atoms with E-state index in [4.69, 9.17) is 24.5 Å². The van der Waals surface area contributed by atoms with Gasteiger partial charge in [0.25, 0.3) is 0 Å². The van der Waals surface area contributed by atoms with Crippen molar-refractivity contribution in [2.24, 2.45) is 5.92 Å². The maximum absolute atomic E-state index is 12.2. The summed E-state index contributed by atoms with van der Waals surface area (Å²) in [5.41, 5.74) is 1.21. The quantitative estimate of drug-likeness (QED) is 0.602. The Hall–Kier alpha value is -2.94. The van der Waals surface area contributed by atoms with Gasteiger partial charge in [0.15, 0.2) is 0 Å². The highest BCUT2D eigenvalue weighted by atomic mass is 19.4. The number of carbonyl (C=O) groups excluding carboxylic acids is 1. The van der Waals surface area contributed by atoms with Gasteiger partial charge in [-0.3, -0.25) is 14.7 Å². The number of hydrogen-bond acceptors (Lipinski definition) is 6. The Morgan fingerprint density at radius 3 is 2.03 bits per heavy atom. The van der Waals surface area contributed by atoms with E-state index in [2.05, 4.69) is 16.0 Å². The van der Waals surface area contributed by atoms with Gasteiger partial charge in [-0.05, 0) is 18.1 Å². The number of alkyl halides is 6. The lowest BCUT2D eigenvalue weighted by Crippen LogP contribution is -2.44. The van der Waals surface area contributed by atoms with Crippen LogP contribution in [0.1, 0.15) is 12.0 Å². The fourth-order valence-electron chi connectivity index (χ4n) is 3.21. The third-order valence-corrected chi connectivity index (χ3v) is 4.60. The largest absolute Gasteiger partial charge is 0.490 e. The third kappa shape index (κ3) is 9.51. The van der Waals surface area contributed by atoms with E-state index in [0.717, 1.165) is 26.1 Å². The molecule has 2 bridgehead atoms. The number of nitrogens with zero attached hydrogens (tertiary/aromatic N) is 3. The van der Waals surface area contributed by atoms with Crippen LogP contribution in [0.15, 0.2) is 24.5 Å². The van der Waals surface area contributed by atoms with E-state index in [1.54, 1.807) is 11.1 Å². The average molecular weight is 503 g/mol. The number of likely N-dealkylation sites (tertiary alicyclic amines) is 1. The lowest BCUT2D eigenvalue weighted by molar-refractivity contribution is -0.193. The number of halogens is 6. The zero-order chi connectivity index (χ0) is 26.3. The summed E-state index contributed by atoms with van der Waals surface area (Å²) in [5.74, 6) is -5.30. The first-order valence-corrected chi connectivity index (χ1v) is 9.60. The topological polar surface area (TPSA) is 120 Å². The minimum Gasteiger partial charge on any atom is -0.475 e. The van der Waals surface area contributed by atoms with Gasteiger partial charge in [-0.15, -0.1) is 0 Å². The molecule has 2 aliphatic heterocycles. The Kier molecular flexibility index (Phi) is 10.2. The van der Waals surface area contributed by atoms with Gasteiger partial charge < -0.3 is 19.8 Å². The average Bonchev–Trinajstić information content (AvgIpc) is 3.01. The summed E-state index contributed by atoms with van der Waals surface area (Å²) < 4.78 is 69.4. The van der Waals surface area contributed by atoms with Crippen LogP contribution in [-0.4, -0.2) is 94.6 Å². The number of rotatable bonds is 3. The molecule has 0 radical (unpaired) electrons. The van der Waals surface area contributed by atoms with E-state index >= 15 is 0 Å². The van der Waals surface area contributed by atoms with Gasteiger partial charge in [0, 0.05) is 46.1 Å². The number of morpholine rings is 1. The molecule has 0 spiro atoms. The highest BCUT2D eigenvalue weighted by Gasteiger charge is 2.45. The number of carboxylic acid groups (broad SMARTS) is 2. The number of amides is 1. The minimum absolute atomic E-state index is 0.0221. The summed E-state index contributed by atoms with van der Waals surface area (Å²) in [5, 5.41) is 14.2. The standard InChI is InChI=1S/C15H21N3O2.2C2HF3O2/c1-17(2)15(19)13-6-12-9-18(10-14(13)20-12)8-11-4-3-5-16-7-11;2*3-2(4,5)1(6)7/h3-5,7,12-14H,6,8-10H2,1-2H3;2*(H,6,7). The summed E-state index contributed by atoms with van der Waals surface area (Å²) in [6.45, 7) is 2.62. The van der Waals surface area contributed by atoms with Crippen LogP contribution < -0.4 is 0 Å². The van der Waals surface area contributed by atoms with E-state index in [9.17, 15) is 31.1 Å². The Balaban J connectivity index is 0.000000343. The Morgan fingerprint density at radius 2 is 1.62 bits per heavy atom. The molecule has 3 heterocycles. The maximum atomic E-state index is 12.2. The molecule has 2 N–H and O–H groups in total. The van der Waals surface area contributed by atoms with Gasteiger partial charge >= 0.3 is 24.3 Å². The number of aliphatic carboxylic acids is 2. The molecule has 3 rings (SSSR count). The number of fused-ring (bicyclic) bond motifs is 2. The van der Waals surface area contributed by atoms with Gasteiger partial charge in [-0.1, -0.05) is 6.07 Å². The van der Waals surface area contributed by atoms with Crippen LogP contribution in [0.2, 0.25) is 0 Å². The van der Waals surface area contributed by atoms with Crippen molar-refractivity contribution >= 4 is 17.8 Å². The zero-order valence-corrected chi connectivity index (χ0v) is 18.0. The molecule has 0 aromatic carbocycles. The molecular weight excluding hydrogens is 480 g/mol. The van der Waals surface area contributed by atoms with Crippen LogP contribution in [-0.2, 0) is 25.7 Å². The third-order valence-electron chi connectivity index (χ3n) is 4.60. The Bertz CT molecular complexity index is 810. The first kappa shape index (κ1) is 29.1. The summed E-state index contributed by atoms with van der Waals surface area (Å²) in [6, 6.07) is 4.05. The van der Waals surface area contributed by atoms with Gasteiger partial charge in [0.1, 0.15) is 0 Å². The smallest absolute Gasteiger partial charge is 0.475 e. The minimum atomic E-state index is -5.08. The number of carbonyl (C=O) groups is 3. The number of carboxylic acids is 2. The van der Waals surface area contributed by atoms with Crippen molar-refractivity contribution in [2.45, 2.75) is 37.5 Å². The molecule has 1 aromatic heterocycles. The second kappa shape index (κ2) is 12.0. The van der Waals surface area contributed by atoms with Crippen LogP contribution in [0.25, 0.3) is 0 Å². The number of ether oxygens (including phenoxy) is 1. The summed E-state index contributed by atoms with van der Waals surface area (Å²) in [7, 11) is 3.63. The van der Waals surface area contributed by atoms with E-state index < -0.39 is 24.3 Å². The van der Waals surface area contributed by atoms with Crippen molar-refractivity contribution in [3.63, 3.8) is 0 Å². The van der Waals surface area contributed by atoms with Gasteiger partial charge in [0.2, 0.25) is 5.91 Å². The molecule has 9 nitrogen and oxygen atoms in total. The first-order chi connectivity index (χ1) is 15.5. The molecule has 0 saturated carbocycles. The van der Waals surface area contributed by atoms with E-state index in [1.807, 2.05) is 26.4 Å². The molecule has 34 heavy (non-hydrogen) atoms. The molecule has 15 heteroatoms. The molecule has 2 saturated heterocycles. The van der Waals surface area contributed by atoms with E-state index in [0.29, 0.717) is 0 Å². The van der Waals surface area contributed by atoms with Crippen LogP contribution in [0.3, 0.4) is 0 Å². The molecule has 1 aromatic rings. The zero-order valence-electron chi connectivity index (χ0n) is 18.0. The Morgan fingerprint density at radius 1 is 1.09 bits per heavy atom. The molecule has 2 fully saturated rings. The van der Waals surface area contributed by atoms with Gasteiger partial charge in [-0.2, -0.15) is 26.3 Å². The highest BCUT2D eigenvalue weighted by molar-refractivity contribution is 5.79. The fraction of sp³-hybridized carbons (Fsp3) is 0.579. The maximum Gasteiger partial charge on any atom is 0.490 e.